The van der Waals surface area contributed by atoms with E-state index in [9.17, 15) is 9.59 Å². The van der Waals surface area contributed by atoms with Crippen LogP contribution in [0.25, 0.3) is 11.0 Å². The number of fused-ring (bicyclic) bond motifs is 1. The number of piperidine rings is 1. The molecule has 2 aromatic carbocycles. The molecule has 2 heterocycles. The molecule has 1 saturated heterocycles. The molecule has 1 aliphatic heterocycles. The summed E-state index contributed by atoms with van der Waals surface area (Å²) in [5.74, 6) is 0.222. The molecule has 1 N–H and O–H groups in total. The van der Waals surface area contributed by atoms with Gasteiger partial charge in [-0.25, -0.2) is 4.98 Å². The molecule has 3 aromatic rings. The number of nitrogens with zero attached hydrogens (tertiary/aromatic N) is 3. The van der Waals surface area contributed by atoms with Crippen LogP contribution in [-0.4, -0.2) is 28.5 Å². The van der Waals surface area contributed by atoms with Crippen molar-refractivity contribution in [1.29, 1.82) is 0 Å². The van der Waals surface area contributed by atoms with E-state index >= 15 is 0 Å². The smallest absolute Gasteiger partial charge is 0.294 e. The van der Waals surface area contributed by atoms with E-state index in [0.29, 0.717) is 11.3 Å². The Bertz CT molecular complexity index is 1070. The Morgan fingerprint density at radius 3 is 2.54 bits per heavy atom. The number of aryl methyl sites for hydroxylation is 1. The highest BCUT2D eigenvalue weighted by Gasteiger charge is 2.20. The lowest BCUT2D eigenvalue weighted by atomic mass is 10.1. The second-order valence-electron chi connectivity index (χ2n) is 7.23. The van der Waals surface area contributed by atoms with Crippen LogP contribution in [0.2, 0.25) is 0 Å². The van der Waals surface area contributed by atoms with Gasteiger partial charge >= 0.3 is 0 Å². The Balaban J connectivity index is 1.70. The number of benzene rings is 2. The third kappa shape index (κ3) is 3.63. The van der Waals surface area contributed by atoms with Crippen LogP contribution >= 0.6 is 0 Å². The van der Waals surface area contributed by atoms with Gasteiger partial charge < -0.3 is 10.2 Å². The molecule has 6 heteroatoms. The van der Waals surface area contributed by atoms with Gasteiger partial charge in [0.2, 0.25) is 5.91 Å². The quantitative estimate of drug-likeness (QED) is 0.758. The van der Waals surface area contributed by atoms with Gasteiger partial charge in [0.05, 0.1) is 11.0 Å². The highest BCUT2D eigenvalue weighted by molar-refractivity contribution is 5.92. The number of nitrogens with one attached hydrogen (secondary N) is 1. The van der Waals surface area contributed by atoms with Gasteiger partial charge in [-0.15, -0.1) is 0 Å². The minimum atomic E-state index is -0.225. The van der Waals surface area contributed by atoms with Gasteiger partial charge in [0.25, 0.3) is 5.56 Å². The van der Waals surface area contributed by atoms with Crippen molar-refractivity contribution in [3.05, 3.63) is 64.4 Å². The standard InChI is InChI=1S/C22H24N4O2/c1-16-9-3-4-10-17(16)23-20(27)15-26-19-12-6-5-11-18(19)24-21(22(26)28)25-13-7-2-8-14-25/h3-6,9-12H,2,7-8,13-15H2,1H3,(H,23,27). The van der Waals surface area contributed by atoms with Gasteiger partial charge in [-0.1, -0.05) is 30.3 Å². The fourth-order valence-corrected chi connectivity index (χ4v) is 3.69. The molecule has 28 heavy (non-hydrogen) atoms. The minimum Gasteiger partial charge on any atom is -0.352 e. The molecular weight excluding hydrogens is 352 g/mol. The molecule has 1 amide bonds. The molecule has 0 bridgehead atoms. The summed E-state index contributed by atoms with van der Waals surface area (Å²) < 4.78 is 1.54. The van der Waals surface area contributed by atoms with E-state index in [4.69, 9.17) is 0 Å². The topological polar surface area (TPSA) is 67.2 Å². The zero-order chi connectivity index (χ0) is 19.5. The lowest BCUT2D eigenvalue weighted by molar-refractivity contribution is -0.116. The van der Waals surface area contributed by atoms with Crippen molar-refractivity contribution >= 4 is 28.4 Å². The van der Waals surface area contributed by atoms with Crippen LogP contribution in [0, 0.1) is 6.92 Å². The van der Waals surface area contributed by atoms with Crippen molar-refractivity contribution in [2.24, 2.45) is 0 Å². The second kappa shape index (κ2) is 7.84. The molecule has 0 radical (unpaired) electrons. The van der Waals surface area contributed by atoms with E-state index in [1.54, 1.807) is 4.57 Å². The molecule has 144 valence electrons. The molecule has 0 atom stereocenters. The van der Waals surface area contributed by atoms with Crippen molar-refractivity contribution in [1.82, 2.24) is 9.55 Å². The van der Waals surface area contributed by atoms with Crippen molar-refractivity contribution in [3.63, 3.8) is 0 Å². The Kier molecular flexibility index (Phi) is 5.10. The monoisotopic (exact) mass is 376 g/mol. The number of hydrogen-bond donors (Lipinski definition) is 1. The highest BCUT2D eigenvalue weighted by Crippen LogP contribution is 2.19. The highest BCUT2D eigenvalue weighted by atomic mass is 16.2. The molecule has 1 aromatic heterocycles. The predicted octanol–water partition coefficient (Wildman–Crippen LogP) is 3.33. The first kappa shape index (κ1) is 18.2. The van der Waals surface area contributed by atoms with Gasteiger partial charge in [-0.2, -0.15) is 0 Å². The van der Waals surface area contributed by atoms with Crippen LogP contribution in [0.15, 0.2) is 53.3 Å². The molecule has 0 unspecified atom stereocenters. The third-order valence-electron chi connectivity index (χ3n) is 5.21. The van der Waals surface area contributed by atoms with Crippen LogP contribution in [0.4, 0.5) is 11.5 Å². The first-order chi connectivity index (χ1) is 13.6. The van der Waals surface area contributed by atoms with Crippen molar-refractivity contribution in [3.8, 4) is 0 Å². The number of carbonyl (C=O) groups is 1. The fraction of sp³-hybridized carbons (Fsp3) is 0.318. The van der Waals surface area contributed by atoms with Gasteiger partial charge in [0.15, 0.2) is 5.82 Å². The predicted molar refractivity (Wildman–Crippen MR) is 112 cm³/mol. The fourth-order valence-electron chi connectivity index (χ4n) is 3.69. The van der Waals surface area contributed by atoms with Crippen LogP contribution < -0.4 is 15.8 Å². The first-order valence-corrected chi connectivity index (χ1v) is 9.73. The zero-order valence-electron chi connectivity index (χ0n) is 16.0. The number of amides is 1. The van der Waals surface area contributed by atoms with Crippen LogP contribution in [0.3, 0.4) is 0 Å². The zero-order valence-corrected chi connectivity index (χ0v) is 16.0. The van der Waals surface area contributed by atoms with Gasteiger partial charge in [0, 0.05) is 18.8 Å². The van der Waals surface area contributed by atoms with E-state index in [0.717, 1.165) is 42.7 Å². The van der Waals surface area contributed by atoms with E-state index in [1.165, 1.54) is 6.42 Å². The summed E-state index contributed by atoms with van der Waals surface area (Å²) >= 11 is 0. The summed E-state index contributed by atoms with van der Waals surface area (Å²) in [6, 6.07) is 15.1. The summed E-state index contributed by atoms with van der Waals surface area (Å²) in [4.78, 5) is 32.6. The number of anilines is 2. The van der Waals surface area contributed by atoms with E-state index in [1.807, 2.05) is 60.4 Å². The van der Waals surface area contributed by atoms with Crippen molar-refractivity contribution in [2.45, 2.75) is 32.7 Å². The first-order valence-electron chi connectivity index (χ1n) is 9.73. The van der Waals surface area contributed by atoms with E-state index in [-0.39, 0.29) is 18.0 Å². The van der Waals surface area contributed by atoms with Crippen LogP contribution in [0.5, 0.6) is 0 Å². The maximum Gasteiger partial charge on any atom is 0.294 e. The average molecular weight is 376 g/mol. The van der Waals surface area contributed by atoms with Gasteiger partial charge in [-0.3, -0.25) is 14.2 Å². The summed E-state index contributed by atoms with van der Waals surface area (Å²) in [5, 5.41) is 2.92. The number of carbonyl (C=O) groups excluding carboxylic acids is 1. The summed E-state index contributed by atoms with van der Waals surface area (Å²) in [6.07, 6.45) is 3.29. The van der Waals surface area contributed by atoms with Crippen LogP contribution in [0.1, 0.15) is 24.8 Å². The molecule has 0 aliphatic carbocycles. The maximum atomic E-state index is 13.2. The lowest BCUT2D eigenvalue weighted by Gasteiger charge is -2.27. The Morgan fingerprint density at radius 2 is 1.75 bits per heavy atom. The van der Waals surface area contributed by atoms with Crippen molar-refractivity contribution < 1.29 is 4.79 Å². The van der Waals surface area contributed by atoms with Crippen molar-refractivity contribution in [2.75, 3.05) is 23.3 Å². The summed E-state index contributed by atoms with van der Waals surface area (Å²) in [5.41, 5.74) is 2.94. The largest absolute Gasteiger partial charge is 0.352 e. The molecule has 1 fully saturated rings. The molecule has 4 rings (SSSR count). The third-order valence-corrected chi connectivity index (χ3v) is 5.21. The SMILES string of the molecule is Cc1ccccc1NC(=O)Cn1c(=O)c(N2CCCCC2)nc2ccccc21. The normalized spacial score (nSPS) is 14.2. The molecule has 0 saturated carbocycles. The minimum absolute atomic E-state index is 0.0446. The molecule has 0 spiro atoms. The van der Waals surface area contributed by atoms with E-state index in [2.05, 4.69) is 10.3 Å². The average Bonchev–Trinajstić information content (AvgIpc) is 2.72. The van der Waals surface area contributed by atoms with Crippen LogP contribution in [-0.2, 0) is 11.3 Å². The molecule has 1 aliphatic rings. The summed E-state index contributed by atoms with van der Waals surface area (Å²) in [6.45, 7) is 3.56. The Labute approximate surface area is 163 Å². The number of para-hydroxylation sites is 3. The number of rotatable bonds is 4. The summed E-state index contributed by atoms with van der Waals surface area (Å²) in [7, 11) is 0. The lowest BCUT2D eigenvalue weighted by Crippen LogP contribution is -2.38. The number of hydrogen-bond acceptors (Lipinski definition) is 4. The Hall–Kier alpha value is -3.15. The molecule has 6 nitrogen and oxygen atoms in total. The second-order valence-corrected chi connectivity index (χ2v) is 7.23. The van der Waals surface area contributed by atoms with E-state index < -0.39 is 0 Å². The van der Waals surface area contributed by atoms with Gasteiger partial charge in [0.1, 0.15) is 6.54 Å². The Morgan fingerprint density at radius 1 is 1.04 bits per heavy atom. The van der Waals surface area contributed by atoms with Gasteiger partial charge in [-0.05, 0) is 49.9 Å². The molecular formula is C22H24N4O2. The number of aromatic nitrogens is 2. The maximum absolute atomic E-state index is 13.2.